The van der Waals surface area contributed by atoms with Gasteiger partial charge in [-0.1, -0.05) is 47.7 Å². The number of hydrogen-bond acceptors (Lipinski definition) is 14. The molecule has 0 unspecified atom stereocenters. The maximum absolute atomic E-state index is 15.0. The number of carbonyl (C=O) groups is 4. The number of aliphatic hydroxyl groups is 1. The maximum Gasteiger partial charge on any atom is 0.258 e. The number of benzene rings is 2. The highest BCUT2D eigenvalue weighted by molar-refractivity contribution is 8.00. The molecule has 2 aliphatic heterocycles. The number of aryl methyl sites for hydroxylation is 1. The van der Waals surface area contributed by atoms with E-state index in [1.165, 1.54) is 30.0 Å². The molecule has 1 saturated carbocycles. The van der Waals surface area contributed by atoms with Gasteiger partial charge in [-0.05, 0) is 62.9 Å². The van der Waals surface area contributed by atoms with Gasteiger partial charge in [0.1, 0.15) is 28.7 Å². The minimum Gasteiger partial charge on any atom is -0.495 e. The summed E-state index contributed by atoms with van der Waals surface area (Å²) in [6, 6.07) is 10.7. The number of piperazine rings is 1. The molecule has 0 bridgehead atoms. The Morgan fingerprint density at radius 1 is 1.09 bits per heavy atom. The van der Waals surface area contributed by atoms with Crippen LogP contribution in [0.25, 0.3) is 10.4 Å². The van der Waals surface area contributed by atoms with Crippen LogP contribution < -0.4 is 26.0 Å². The zero-order valence-corrected chi connectivity index (χ0v) is 39.8. The van der Waals surface area contributed by atoms with Crippen LogP contribution in [0.2, 0.25) is 5.02 Å². The Bertz CT molecular complexity index is 2490. The van der Waals surface area contributed by atoms with Crippen molar-refractivity contribution in [2.45, 2.75) is 75.2 Å². The summed E-state index contributed by atoms with van der Waals surface area (Å²) in [4.78, 5) is 73.8. The number of amides is 4. The van der Waals surface area contributed by atoms with E-state index in [2.05, 4.69) is 53.0 Å². The van der Waals surface area contributed by atoms with Crippen LogP contribution >= 0.6 is 34.7 Å². The van der Waals surface area contributed by atoms with Crippen LogP contribution in [0.3, 0.4) is 0 Å². The van der Waals surface area contributed by atoms with Gasteiger partial charge in [0.05, 0.1) is 53.5 Å². The maximum atomic E-state index is 15.0. The average molecular weight is 962 g/mol. The number of thiazole rings is 1. The fourth-order valence-electron chi connectivity index (χ4n) is 7.73. The summed E-state index contributed by atoms with van der Waals surface area (Å²) < 4.78 is 19.6. The number of methoxy groups -OCH3 is 1. The Morgan fingerprint density at radius 3 is 2.50 bits per heavy atom. The van der Waals surface area contributed by atoms with Crippen molar-refractivity contribution in [1.29, 1.82) is 0 Å². The highest BCUT2D eigenvalue weighted by atomic mass is 35.5. The monoisotopic (exact) mass is 960 g/mol. The number of thioether (sulfide) groups is 1. The predicted molar refractivity (Wildman–Crippen MR) is 255 cm³/mol. The number of aromatic nitrogens is 3. The molecule has 3 aliphatic rings. The van der Waals surface area contributed by atoms with E-state index in [1.54, 1.807) is 60.8 Å². The average Bonchev–Trinajstić information content (AvgIpc) is 3.72. The standard InChI is InChI=1S/C46H54ClFN10O6S2/c1-28-37(65-27-52-28)30-10-8-29(9-11-30)24-50-40(60)35-23-32(59)26-58(35)42(62)38(54-43(63)46(48)14-15-46)45(2,3)66-21-7-6-16-56-17-19-57(20-18-56)41(61)31-12-13-34(36(22-31)64-5)53-44-51-25-33(47)39(49-4)55-44/h8-13,22,25,27,32,35,38,59H,14-21,23-24,26H2,1-5H3,(H,50,60)(H,54,63)(H2,49,51,53,55)/t32-,35+,38-/m1/s1. The minimum atomic E-state index is -2.04. The molecule has 3 fully saturated rings. The third-order valence-electron chi connectivity index (χ3n) is 11.9. The quantitative estimate of drug-likeness (QED) is 0.0955. The fourth-order valence-corrected chi connectivity index (χ4v) is 9.60. The van der Waals surface area contributed by atoms with Crippen LogP contribution in [0.4, 0.5) is 21.8 Å². The van der Waals surface area contributed by atoms with Crippen LogP contribution in [0.5, 0.6) is 5.75 Å². The Morgan fingerprint density at radius 2 is 1.83 bits per heavy atom. The number of carbonyl (C=O) groups excluding carboxylic acids is 4. The van der Waals surface area contributed by atoms with E-state index in [4.69, 9.17) is 16.3 Å². The van der Waals surface area contributed by atoms with Gasteiger partial charge in [-0.15, -0.1) is 23.1 Å². The van der Waals surface area contributed by atoms with Crippen LogP contribution in [0.15, 0.2) is 54.2 Å². The summed E-state index contributed by atoms with van der Waals surface area (Å²) in [5.41, 5.74) is 3.64. The number of β-amino-alcohol motifs (C(OH)–C–C–N with tert-alkyl or cyclic N) is 1. The van der Waals surface area contributed by atoms with Gasteiger partial charge in [-0.3, -0.25) is 24.1 Å². The first-order valence-electron chi connectivity index (χ1n) is 21.6. The van der Waals surface area contributed by atoms with Crippen LogP contribution in [-0.4, -0.2) is 146 Å². The zero-order chi connectivity index (χ0) is 47.2. The molecule has 0 radical (unpaired) electrons. The molecule has 0 spiro atoms. The number of hydrogen-bond donors (Lipinski definition) is 5. The lowest BCUT2D eigenvalue weighted by atomic mass is 10.00. The number of halogens is 2. The number of nitrogens with one attached hydrogen (secondary N) is 4. The number of nitrogens with zero attached hydrogens (tertiary/aromatic N) is 6. The Balaban J connectivity index is 0.915. The van der Waals surface area contributed by atoms with Crippen molar-refractivity contribution >= 4 is 75.8 Å². The van der Waals surface area contributed by atoms with E-state index in [-0.39, 0.29) is 38.3 Å². The third kappa shape index (κ3) is 11.5. The van der Waals surface area contributed by atoms with Crippen molar-refractivity contribution in [1.82, 2.24) is 40.3 Å². The fraction of sp³-hybridized carbons (Fsp3) is 0.457. The number of ether oxygens (including phenoxy) is 1. The zero-order valence-electron chi connectivity index (χ0n) is 37.5. The van der Waals surface area contributed by atoms with Crippen LogP contribution in [0.1, 0.15) is 54.7 Å². The second-order valence-electron chi connectivity index (χ2n) is 16.9. The van der Waals surface area contributed by atoms with E-state index in [9.17, 15) is 24.3 Å². The minimum absolute atomic E-state index is 0.0240. The molecule has 66 heavy (non-hydrogen) atoms. The van der Waals surface area contributed by atoms with Gasteiger partial charge in [0, 0.05) is 63.0 Å². The first-order chi connectivity index (χ1) is 31.6. The van der Waals surface area contributed by atoms with Crippen molar-refractivity contribution in [2.24, 2.45) is 0 Å². The molecule has 4 heterocycles. The van der Waals surface area contributed by atoms with Crippen molar-refractivity contribution in [3.05, 3.63) is 76.0 Å². The van der Waals surface area contributed by atoms with E-state index in [0.29, 0.717) is 72.3 Å². The predicted octanol–water partition coefficient (Wildman–Crippen LogP) is 4.89. The number of likely N-dealkylation sites (tertiary alicyclic amines) is 1. The van der Waals surface area contributed by atoms with Crippen molar-refractivity contribution < 1.29 is 33.4 Å². The smallest absolute Gasteiger partial charge is 0.258 e. The molecular formula is C46H54ClFN10O6S2. The summed E-state index contributed by atoms with van der Waals surface area (Å²) in [5.74, 6) is 5.89. The van der Waals surface area contributed by atoms with Crippen LogP contribution in [0, 0.1) is 18.8 Å². The molecule has 350 valence electrons. The lowest BCUT2D eigenvalue weighted by Crippen LogP contribution is -2.61. The topological polar surface area (TPSA) is 194 Å². The molecule has 4 aromatic rings. The molecule has 3 atom stereocenters. The van der Waals surface area contributed by atoms with Gasteiger partial charge in [0.25, 0.3) is 11.8 Å². The normalized spacial score (nSPS) is 18.4. The second-order valence-corrected chi connectivity index (χ2v) is 19.8. The first-order valence-corrected chi connectivity index (χ1v) is 23.9. The van der Waals surface area contributed by atoms with Crippen molar-refractivity contribution in [2.75, 3.05) is 69.8 Å². The summed E-state index contributed by atoms with van der Waals surface area (Å²) in [7, 11) is 3.23. The summed E-state index contributed by atoms with van der Waals surface area (Å²) >= 11 is 9.00. The van der Waals surface area contributed by atoms with Gasteiger partial charge < -0.3 is 40.9 Å². The highest BCUT2D eigenvalue weighted by Gasteiger charge is 2.54. The molecule has 2 aromatic carbocycles. The van der Waals surface area contributed by atoms with Gasteiger partial charge >= 0.3 is 0 Å². The summed E-state index contributed by atoms with van der Waals surface area (Å²) in [6.07, 6.45) is 0.689. The van der Waals surface area contributed by atoms with E-state index < -0.39 is 46.3 Å². The number of aliphatic hydroxyl groups excluding tert-OH is 1. The molecule has 1 aliphatic carbocycles. The van der Waals surface area contributed by atoms with E-state index in [0.717, 1.165) is 21.7 Å². The van der Waals surface area contributed by atoms with Gasteiger partial charge in [0.2, 0.25) is 17.8 Å². The molecule has 5 N–H and O–H groups in total. The van der Waals surface area contributed by atoms with E-state index in [1.807, 2.05) is 31.2 Å². The Labute approximate surface area is 396 Å². The van der Waals surface area contributed by atoms with E-state index >= 15 is 4.39 Å². The number of rotatable bonds is 16. The van der Waals surface area contributed by atoms with Gasteiger partial charge in [-0.25, -0.2) is 14.4 Å². The lowest BCUT2D eigenvalue weighted by molar-refractivity contribution is -0.143. The second kappa shape index (κ2) is 21.0. The first kappa shape index (κ1) is 48.4. The van der Waals surface area contributed by atoms with Crippen molar-refractivity contribution in [3.8, 4) is 28.0 Å². The van der Waals surface area contributed by atoms with Crippen LogP contribution in [-0.2, 0) is 20.9 Å². The SMILES string of the molecule is CNc1nc(Nc2ccc(C(=O)N3CCN(CC#CCSC(C)(C)[C@H](NC(=O)C4(F)CC4)C(=O)N4C[C@H](O)C[C@H]4C(=O)NCc4ccc(-c5scnc5C)cc4)CC3)cc2OC)ncc1Cl. The lowest BCUT2D eigenvalue weighted by Gasteiger charge is -2.37. The molecule has 20 heteroatoms. The molecule has 7 rings (SSSR count). The third-order valence-corrected chi connectivity index (χ3v) is 14.4. The Kier molecular flexibility index (Phi) is 15.4. The number of anilines is 3. The molecule has 2 aromatic heterocycles. The van der Waals surface area contributed by atoms with Crippen molar-refractivity contribution in [3.63, 3.8) is 0 Å². The van der Waals surface area contributed by atoms with Gasteiger partial charge in [-0.2, -0.15) is 4.98 Å². The Hall–Kier alpha value is -5.52. The largest absolute Gasteiger partial charge is 0.495 e. The number of alkyl halides is 1. The highest BCUT2D eigenvalue weighted by Crippen LogP contribution is 2.41. The molecule has 16 nitrogen and oxygen atoms in total. The summed E-state index contributed by atoms with van der Waals surface area (Å²) in [5, 5.41) is 22.7. The van der Waals surface area contributed by atoms with Gasteiger partial charge in [0.15, 0.2) is 5.67 Å². The summed E-state index contributed by atoms with van der Waals surface area (Å²) in [6.45, 7) is 8.30. The molecule has 4 amide bonds. The molecule has 2 saturated heterocycles. The molecular weight excluding hydrogens is 907 g/mol.